The molecule has 0 unspecified atom stereocenters. The van der Waals surface area contributed by atoms with E-state index in [1.54, 1.807) is 13.4 Å². The minimum absolute atomic E-state index is 0.629. The number of aromatic nitrogens is 1. The third-order valence-electron chi connectivity index (χ3n) is 5.21. The maximum atomic E-state index is 5.67. The molecule has 1 saturated heterocycles. The Morgan fingerprint density at radius 3 is 2.70 bits per heavy atom. The predicted molar refractivity (Wildman–Crippen MR) is 117 cm³/mol. The molecule has 2 heterocycles. The van der Waals surface area contributed by atoms with Crippen LogP contribution in [0.5, 0.6) is 11.5 Å². The van der Waals surface area contributed by atoms with Crippen molar-refractivity contribution in [3.8, 4) is 11.5 Å². The molecule has 0 aliphatic carbocycles. The molecule has 0 atom stereocenters. The Labute approximate surface area is 178 Å². The van der Waals surface area contributed by atoms with Crippen LogP contribution in [0.3, 0.4) is 0 Å². The first-order valence-corrected chi connectivity index (χ1v) is 10.6. The molecular formula is C22H33N5O3. The number of guanidine groups is 1. The summed E-state index contributed by atoms with van der Waals surface area (Å²) in [5.41, 5.74) is 2.23. The Balaban J connectivity index is 1.40. The Hall–Kier alpha value is -2.74. The zero-order valence-corrected chi connectivity index (χ0v) is 18.3. The van der Waals surface area contributed by atoms with Crippen LogP contribution in [-0.2, 0) is 13.0 Å². The van der Waals surface area contributed by atoms with Crippen LogP contribution in [0.2, 0.25) is 0 Å². The van der Waals surface area contributed by atoms with Gasteiger partial charge in [-0.1, -0.05) is 11.2 Å². The molecule has 2 aromatic rings. The van der Waals surface area contributed by atoms with E-state index in [-0.39, 0.29) is 0 Å². The van der Waals surface area contributed by atoms with Crippen molar-refractivity contribution in [3.05, 3.63) is 41.8 Å². The van der Waals surface area contributed by atoms with Gasteiger partial charge in [-0.05, 0) is 37.5 Å². The minimum Gasteiger partial charge on any atom is -0.493 e. The number of hydrogen-bond donors (Lipinski definition) is 1. The molecule has 0 saturated carbocycles. The number of piperazine rings is 1. The van der Waals surface area contributed by atoms with Crippen molar-refractivity contribution >= 4 is 5.96 Å². The summed E-state index contributed by atoms with van der Waals surface area (Å²) in [5, 5.41) is 7.51. The third-order valence-corrected chi connectivity index (χ3v) is 5.21. The zero-order chi connectivity index (χ0) is 21.2. The van der Waals surface area contributed by atoms with Crippen molar-refractivity contribution in [2.45, 2.75) is 26.3 Å². The normalized spacial score (nSPS) is 15.3. The largest absolute Gasteiger partial charge is 0.493 e. The number of hydrogen-bond acceptors (Lipinski definition) is 6. The van der Waals surface area contributed by atoms with E-state index in [4.69, 9.17) is 14.0 Å². The maximum Gasteiger partial charge on any atom is 0.193 e. The summed E-state index contributed by atoms with van der Waals surface area (Å²) in [7, 11) is 3.52. The molecule has 1 aromatic heterocycles. The molecule has 8 heteroatoms. The van der Waals surface area contributed by atoms with Crippen LogP contribution in [0.25, 0.3) is 0 Å². The van der Waals surface area contributed by atoms with E-state index in [9.17, 15) is 0 Å². The summed E-state index contributed by atoms with van der Waals surface area (Å²) < 4.78 is 16.0. The van der Waals surface area contributed by atoms with E-state index >= 15 is 0 Å². The average molecular weight is 416 g/mol. The van der Waals surface area contributed by atoms with Gasteiger partial charge in [0.2, 0.25) is 0 Å². The first-order valence-electron chi connectivity index (χ1n) is 10.6. The summed E-state index contributed by atoms with van der Waals surface area (Å²) in [6.45, 7) is 8.20. The molecule has 0 bridgehead atoms. The molecule has 1 aliphatic rings. The SMILES string of the molecule is CCOc1cc(CCCNC(=NC)N2CCN(Cc3ccon3)CC2)ccc1OC. The molecule has 164 valence electrons. The summed E-state index contributed by atoms with van der Waals surface area (Å²) in [4.78, 5) is 9.18. The fourth-order valence-electron chi connectivity index (χ4n) is 3.64. The standard InChI is InChI=1S/C22H33N5O3/c1-4-29-21-16-18(7-8-20(21)28-3)6-5-10-24-22(23-2)27-13-11-26(12-14-27)17-19-9-15-30-25-19/h7-9,15-16H,4-6,10-14,17H2,1-3H3,(H,23,24). The van der Waals surface area contributed by atoms with Gasteiger partial charge in [0.1, 0.15) is 6.26 Å². The Morgan fingerprint density at radius 2 is 2.03 bits per heavy atom. The molecule has 1 fully saturated rings. The van der Waals surface area contributed by atoms with Gasteiger partial charge in [-0.25, -0.2) is 0 Å². The van der Waals surface area contributed by atoms with Gasteiger partial charge in [0.25, 0.3) is 0 Å². The minimum atomic E-state index is 0.629. The van der Waals surface area contributed by atoms with Crippen molar-refractivity contribution in [2.24, 2.45) is 4.99 Å². The fourth-order valence-corrected chi connectivity index (χ4v) is 3.64. The van der Waals surface area contributed by atoms with Gasteiger partial charge >= 0.3 is 0 Å². The first-order chi connectivity index (χ1) is 14.7. The lowest BCUT2D eigenvalue weighted by atomic mass is 10.1. The number of ether oxygens (including phenoxy) is 2. The second kappa shape index (κ2) is 11.4. The quantitative estimate of drug-likeness (QED) is 0.383. The first kappa shape index (κ1) is 22.0. The Kier molecular flexibility index (Phi) is 8.38. The van der Waals surface area contributed by atoms with Crippen LogP contribution in [0, 0.1) is 0 Å². The van der Waals surface area contributed by atoms with Crippen molar-refractivity contribution in [1.29, 1.82) is 0 Å². The number of benzene rings is 1. The van der Waals surface area contributed by atoms with Gasteiger partial charge in [0.15, 0.2) is 17.5 Å². The van der Waals surface area contributed by atoms with Crippen LogP contribution in [-0.4, -0.2) is 74.4 Å². The van der Waals surface area contributed by atoms with Gasteiger partial charge in [-0.3, -0.25) is 9.89 Å². The summed E-state index contributed by atoms with van der Waals surface area (Å²) in [6.07, 6.45) is 3.61. The van der Waals surface area contributed by atoms with Gasteiger partial charge in [-0.2, -0.15) is 0 Å². The van der Waals surface area contributed by atoms with Crippen molar-refractivity contribution in [3.63, 3.8) is 0 Å². The van der Waals surface area contributed by atoms with Gasteiger partial charge in [-0.15, -0.1) is 0 Å². The number of methoxy groups -OCH3 is 1. The highest BCUT2D eigenvalue weighted by atomic mass is 16.5. The van der Waals surface area contributed by atoms with E-state index in [0.29, 0.717) is 6.61 Å². The summed E-state index contributed by atoms with van der Waals surface area (Å²) in [6, 6.07) is 8.08. The molecule has 1 aromatic carbocycles. The zero-order valence-electron chi connectivity index (χ0n) is 18.3. The van der Waals surface area contributed by atoms with Crippen LogP contribution >= 0.6 is 0 Å². The van der Waals surface area contributed by atoms with E-state index in [2.05, 4.69) is 37.4 Å². The number of rotatable bonds is 9. The molecule has 1 aliphatic heterocycles. The maximum absolute atomic E-state index is 5.67. The second-order valence-electron chi connectivity index (χ2n) is 7.25. The van der Waals surface area contributed by atoms with Gasteiger partial charge in [0.05, 0.1) is 19.4 Å². The molecular weight excluding hydrogens is 382 g/mol. The lowest BCUT2D eigenvalue weighted by Gasteiger charge is -2.36. The van der Waals surface area contributed by atoms with Crippen molar-refractivity contribution in [2.75, 3.05) is 53.5 Å². The lowest BCUT2D eigenvalue weighted by molar-refractivity contribution is 0.169. The van der Waals surface area contributed by atoms with E-state index in [1.807, 2.05) is 26.1 Å². The number of nitrogens with zero attached hydrogens (tertiary/aromatic N) is 4. The van der Waals surface area contributed by atoms with E-state index in [1.165, 1.54) is 5.56 Å². The van der Waals surface area contributed by atoms with Gasteiger partial charge < -0.3 is 24.2 Å². The van der Waals surface area contributed by atoms with Crippen LogP contribution < -0.4 is 14.8 Å². The molecule has 1 N–H and O–H groups in total. The molecule has 0 spiro atoms. The Bertz CT molecular complexity index is 786. The fraction of sp³-hybridized carbons (Fsp3) is 0.545. The van der Waals surface area contributed by atoms with Crippen LogP contribution in [0.1, 0.15) is 24.6 Å². The number of aliphatic imine (C=N–C) groups is 1. The predicted octanol–water partition coefficient (Wildman–Crippen LogP) is 2.41. The van der Waals surface area contributed by atoms with Gasteiger partial charge in [0, 0.05) is 52.4 Å². The Morgan fingerprint density at radius 1 is 1.20 bits per heavy atom. The molecule has 30 heavy (non-hydrogen) atoms. The number of nitrogens with one attached hydrogen (secondary N) is 1. The van der Waals surface area contributed by atoms with E-state index < -0.39 is 0 Å². The highest BCUT2D eigenvalue weighted by molar-refractivity contribution is 5.79. The third kappa shape index (κ3) is 6.13. The van der Waals surface area contributed by atoms with Crippen LogP contribution in [0.15, 0.2) is 40.0 Å². The molecule has 3 rings (SSSR count). The average Bonchev–Trinajstić information content (AvgIpc) is 3.28. The van der Waals surface area contributed by atoms with Crippen molar-refractivity contribution < 1.29 is 14.0 Å². The smallest absolute Gasteiger partial charge is 0.193 e. The second-order valence-corrected chi connectivity index (χ2v) is 7.25. The topological polar surface area (TPSA) is 75.4 Å². The monoisotopic (exact) mass is 415 g/mol. The summed E-state index contributed by atoms with van der Waals surface area (Å²) >= 11 is 0. The lowest BCUT2D eigenvalue weighted by Crippen LogP contribution is -2.52. The molecule has 8 nitrogen and oxygen atoms in total. The molecule has 0 radical (unpaired) electrons. The highest BCUT2D eigenvalue weighted by Crippen LogP contribution is 2.28. The number of aryl methyl sites for hydroxylation is 1. The molecule has 0 amide bonds. The highest BCUT2D eigenvalue weighted by Gasteiger charge is 2.20. The van der Waals surface area contributed by atoms with Crippen molar-refractivity contribution in [1.82, 2.24) is 20.3 Å². The van der Waals surface area contributed by atoms with Crippen LogP contribution in [0.4, 0.5) is 0 Å². The summed E-state index contributed by atoms with van der Waals surface area (Å²) in [5.74, 6) is 2.56. The van der Waals surface area contributed by atoms with E-state index in [0.717, 1.165) is 75.3 Å².